The van der Waals surface area contributed by atoms with Gasteiger partial charge in [-0.05, 0) is 37.4 Å². The van der Waals surface area contributed by atoms with E-state index in [9.17, 15) is 27.2 Å². The molecule has 29 heavy (non-hydrogen) atoms. The second kappa shape index (κ2) is 6.84. The van der Waals surface area contributed by atoms with E-state index >= 15 is 0 Å². The van der Waals surface area contributed by atoms with Crippen molar-refractivity contribution in [2.45, 2.75) is 12.2 Å². The Morgan fingerprint density at radius 3 is 2.59 bits per heavy atom. The highest BCUT2D eigenvalue weighted by atomic mass is 19.4. The molecular formula is C20H17F4N3O2. The molecule has 0 spiro atoms. The van der Waals surface area contributed by atoms with Crippen LogP contribution in [0.3, 0.4) is 0 Å². The zero-order valence-corrected chi connectivity index (χ0v) is 15.3. The number of fused-ring (bicyclic) bond motifs is 1. The van der Waals surface area contributed by atoms with E-state index in [-0.39, 0.29) is 17.9 Å². The number of likely N-dealkylation sites (tertiary alicyclic amines) is 1. The molecule has 2 heterocycles. The minimum atomic E-state index is -4.77. The number of hydrogen-bond donors (Lipinski definition) is 2. The maximum Gasteiger partial charge on any atom is 0.416 e. The Morgan fingerprint density at radius 2 is 1.93 bits per heavy atom. The molecule has 1 fully saturated rings. The van der Waals surface area contributed by atoms with Gasteiger partial charge in [-0.3, -0.25) is 9.59 Å². The molecule has 1 atom stereocenters. The van der Waals surface area contributed by atoms with Crippen molar-refractivity contribution >= 4 is 17.5 Å². The number of carbonyl (C=O) groups is 2. The van der Waals surface area contributed by atoms with Gasteiger partial charge in [0.15, 0.2) is 0 Å². The molecule has 152 valence electrons. The number of halogens is 4. The van der Waals surface area contributed by atoms with Gasteiger partial charge in [-0.2, -0.15) is 13.2 Å². The fourth-order valence-electron chi connectivity index (χ4n) is 3.89. The van der Waals surface area contributed by atoms with Crippen LogP contribution in [0.2, 0.25) is 0 Å². The van der Waals surface area contributed by atoms with Crippen LogP contribution in [0, 0.1) is 11.7 Å². The van der Waals surface area contributed by atoms with E-state index in [1.54, 1.807) is 18.2 Å². The van der Waals surface area contributed by atoms with Crippen LogP contribution in [-0.4, -0.2) is 36.9 Å². The number of carbonyl (C=O) groups excluding carboxylic acids is 2. The zero-order valence-electron chi connectivity index (χ0n) is 15.3. The summed E-state index contributed by atoms with van der Waals surface area (Å²) in [7, 11) is 1.95. The van der Waals surface area contributed by atoms with Crippen LogP contribution in [0.5, 0.6) is 0 Å². The van der Waals surface area contributed by atoms with Crippen LogP contribution >= 0.6 is 0 Å². The van der Waals surface area contributed by atoms with Crippen LogP contribution in [0.1, 0.15) is 37.9 Å². The molecule has 5 nitrogen and oxygen atoms in total. The van der Waals surface area contributed by atoms with Gasteiger partial charge in [0.25, 0.3) is 11.8 Å². The number of anilines is 1. The van der Waals surface area contributed by atoms with Crippen molar-refractivity contribution in [3.8, 4) is 0 Å². The Bertz CT molecular complexity index is 1000. The summed E-state index contributed by atoms with van der Waals surface area (Å²) in [6.45, 7) is 1.54. The van der Waals surface area contributed by atoms with Gasteiger partial charge in [0.05, 0.1) is 11.6 Å². The molecule has 1 saturated heterocycles. The van der Waals surface area contributed by atoms with Gasteiger partial charge >= 0.3 is 6.18 Å². The molecule has 1 unspecified atom stereocenters. The lowest BCUT2D eigenvalue weighted by Gasteiger charge is -2.40. The highest BCUT2D eigenvalue weighted by Crippen LogP contribution is 2.39. The molecule has 4 rings (SSSR count). The Kier molecular flexibility index (Phi) is 4.57. The van der Waals surface area contributed by atoms with Crippen molar-refractivity contribution in [1.29, 1.82) is 0 Å². The van der Waals surface area contributed by atoms with Crippen LogP contribution in [0.4, 0.5) is 23.2 Å². The summed E-state index contributed by atoms with van der Waals surface area (Å²) in [5.74, 6) is -2.14. The summed E-state index contributed by atoms with van der Waals surface area (Å²) in [5.41, 5.74) is -0.350. The minimum absolute atomic E-state index is 0.161. The van der Waals surface area contributed by atoms with Gasteiger partial charge < -0.3 is 15.5 Å². The van der Waals surface area contributed by atoms with Gasteiger partial charge in [-0.25, -0.2) is 4.39 Å². The third kappa shape index (κ3) is 3.57. The van der Waals surface area contributed by atoms with Gasteiger partial charge in [-0.15, -0.1) is 0 Å². The average Bonchev–Trinajstić information content (AvgIpc) is 2.95. The molecule has 0 radical (unpaired) electrons. The van der Waals surface area contributed by atoms with Crippen molar-refractivity contribution in [1.82, 2.24) is 10.2 Å². The summed E-state index contributed by atoms with van der Waals surface area (Å²) in [5, 5.41) is 5.46. The molecule has 2 aromatic carbocycles. The second-order valence-corrected chi connectivity index (χ2v) is 7.38. The molecule has 0 aromatic heterocycles. The number of amides is 2. The van der Waals surface area contributed by atoms with Crippen molar-refractivity contribution in [3.05, 3.63) is 64.5 Å². The fraction of sp³-hybridized carbons (Fsp3) is 0.300. The van der Waals surface area contributed by atoms with Gasteiger partial charge in [0.1, 0.15) is 5.82 Å². The fourth-order valence-corrected chi connectivity index (χ4v) is 3.89. The number of hydrogen-bond acceptors (Lipinski definition) is 3. The first-order valence-electron chi connectivity index (χ1n) is 8.95. The van der Waals surface area contributed by atoms with Crippen LogP contribution in [-0.2, 0) is 6.18 Å². The minimum Gasteiger partial charge on any atom is -0.345 e. The smallest absolute Gasteiger partial charge is 0.345 e. The molecule has 2 amide bonds. The van der Waals surface area contributed by atoms with Crippen LogP contribution < -0.4 is 10.6 Å². The molecule has 2 aliphatic rings. The lowest BCUT2D eigenvalue weighted by molar-refractivity contribution is -0.137. The Morgan fingerprint density at radius 1 is 1.21 bits per heavy atom. The first-order valence-corrected chi connectivity index (χ1v) is 8.95. The molecule has 2 aliphatic heterocycles. The summed E-state index contributed by atoms with van der Waals surface area (Å²) in [4.78, 5) is 27.0. The lowest BCUT2D eigenvalue weighted by Crippen LogP contribution is -2.49. The van der Waals surface area contributed by atoms with Crippen molar-refractivity contribution in [3.63, 3.8) is 0 Å². The Hall–Kier alpha value is -2.94. The third-order valence-electron chi connectivity index (χ3n) is 5.25. The first-order chi connectivity index (χ1) is 13.6. The molecule has 0 bridgehead atoms. The van der Waals surface area contributed by atoms with E-state index in [4.69, 9.17) is 0 Å². The quantitative estimate of drug-likeness (QED) is 0.767. The van der Waals surface area contributed by atoms with E-state index in [1.807, 2.05) is 7.05 Å². The number of rotatable bonds is 3. The summed E-state index contributed by atoms with van der Waals surface area (Å²) < 4.78 is 52.4. The molecule has 2 aromatic rings. The molecule has 0 aliphatic carbocycles. The highest BCUT2D eigenvalue weighted by Gasteiger charge is 2.40. The second-order valence-electron chi connectivity index (χ2n) is 7.38. The number of benzene rings is 2. The van der Waals surface area contributed by atoms with Crippen molar-refractivity contribution in [2.75, 3.05) is 25.5 Å². The molecule has 0 saturated carbocycles. The standard InChI is InChI=1S/C20H17F4N3O2/c1-27-8-11(9-27)17-16-14(19(29)26-17)3-2-4-15(16)25-18(28)10-5-12(20(22,23)24)7-13(21)6-10/h2-7,11,17H,8-9H2,1H3,(H,25,28)(H,26,29). The predicted octanol–water partition coefficient (Wildman–Crippen LogP) is 3.44. The van der Waals surface area contributed by atoms with E-state index < -0.39 is 29.0 Å². The number of nitrogens with one attached hydrogen (secondary N) is 2. The maximum atomic E-state index is 13.6. The Labute approximate surface area is 163 Å². The van der Waals surface area contributed by atoms with E-state index in [0.29, 0.717) is 28.9 Å². The summed E-state index contributed by atoms with van der Waals surface area (Å²) in [6.07, 6.45) is -4.77. The van der Waals surface area contributed by atoms with Crippen LogP contribution in [0.15, 0.2) is 36.4 Å². The first kappa shape index (κ1) is 19.4. The van der Waals surface area contributed by atoms with Gasteiger partial charge in [0.2, 0.25) is 0 Å². The SMILES string of the molecule is CN1CC(C2NC(=O)c3cccc(NC(=O)c4cc(F)cc(C(F)(F)F)c4)c32)C1. The predicted molar refractivity (Wildman–Crippen MR) is 97.0 cm³/mol. The zero-order chi connectivity index (χ0) is 20.9. The number of nitrogens with zero attached hydrogens (tertiary/aromatic N) is 1. The van der Waals surface area contributed by atoms with E-state index in [0.717, 1.165) is 19.2 Å². The van der Waals surface area contributed by atoms with Gasteiger partial charge in [-0.1, -0.05) is 6.07 Å². The normalized spacial score (nSPS) is 19.5. The molecule has 9 heteroatoms. The summed E-state index contributed by atoms with van der Waals surface area (Å²) >= 11 is 0. The summed E-state index contributed by atoms with van der Waals surface area (Å²) in [6, 6.07) is 6.17. The van der Waals surface area contributed by atoms with Crippen molar-refractivity contribution < 1.29 is 27.2 Å². The number of alkyl halides is 3. The highest BCUT2D eigenvalue weighted by molar-refractivity contribution is 6.07. The molecular weight excluding hydrogens is 390 g/mol. The third-order valence-corrected chi connectivity index (χ3v) is 5.25. The van der Waals surface area contributed by atoms with E-state index in [1.165, 1.54) is 0 Å². The average molecular weight is 407 g/mol. The molecule has 2 N–H and O–H groups in total. The maximum absolute atomic E-state index is 13.6. The Balaban J connectivity index is 1.65. The largest absolute Gasteiger partial charge is 0.416 e. The monoisotopic (exact) mass is 407 g/mol. The van der Waals surface area contributed by atoms with Crippen molar-refractivity contribution in [2.24, 2.45) is 5.92 Å². The van der Waals surface area contributed by atoms with Crippen LogP contribution in [0.25, 0.3) is 0 Å². The van der Waals surface area contributed by atoms with Gasteiger partial charge in [0, 0.05) is 41.4 Å². The lowest BCUT2D eigenvalue weighted by atomic mass is 9.87. The topological polar surface area (TPSA) is 61.4 Å². The van der Waals surface area contributed by atoms with E-state index in [2.05, 4.69) is 15.5 Å².